The lowest BCUT2D eigenvalue weighted by molar-refractivity contribution is -0.131. The minimum Gasteiger partial charge on any atom is -0.353 e. The summed E-state index contributed by atoms with van der Waals surface area (Å²) >= 11 is 0. The van der Waals surface area contributed by atoms with Crippen LogP contribution in [0.25, 0.3) is 11.1 Å². The molecular weight excluding hydrogens is 340 g/mol. The molecule has 0 bridgehead atoms. The van der Waals surface area contributed by atoms with Crippen LogP contribution in [0.2, 0.25) is 0 Å². The molecule has 2 fully saturated rings. The second-order valence-corrected chi connectivity index (χ2v) is 7.09. The quantitative estimate of drug-likeness (QED) is 0.766. The fourth-order valence-electron chi connectivity index (χ4n) is 3.88. The molecule has 0 unspecified atom stereocenters. The number of amides is 3. The molecule has 4 rings (SSSR count). The van der Waals surface area contributed by atoms with Crippen molar-refractivity contribution in [1.82, 2.24) is 15.5 Å². The van der Waals surface area contributed by atoms with Crippen molar-refractivity contribution in [3.63, 3.8) is 0 Å². The van der Waals surface area contributed by atoms with Crippen LogP contribution in [0.3, 0.4) is 0 Å². The van der Waals surface area contributed by atoms with Crippen molar-refractivity contribution in [3.8, 4) is 11.1 Å². The van der Waals surface area contributed by atoms with Crippen LogP contribution in [0.15, 0.2) is 54.6 Å². The fourth-order valence-corrected chi connectivity index (χ4v) is 3.88. The molecule has 6 nitrogen and oxygen atoms in total. The molecule has 3 amide bonds. The standard InChI is InChI=1S/C21H24N4O2/c26-19-21(23-13-12-22-19)10-14-25(15-11-21)20(27)24-18-9-5-4-8-17(18)16-6-2-1-3-7-16/h1-9,23H,10-15H2,(H,22,26)(H,24,27). The van der Waals surface area contributed by atoms with Crippen LogP contribution in [0.1, 0.15) is 12.8 Å². The maximum atomic E-state index is 12.8. The third-order valence-electron chi connectivity index (χ3n) is 5.47. The topological polar surface area (TPSA) is 73.5 Å². The van der Waals surface area contributed by atoms with Crippen molar-refractivity contribution in [1.29, 1.82) is 0 Å². The van der Waals surface area contributed by atoms with Crippen molar-refractivity contribution in [3.05, 3.63) is 54.6 Å². The van der Waals surface area contributed by atoms with Gasteiger partial charge in [-0.05, 0) is 24.5 Å². The number of benzene rings is 2. The number of urea groups is 1. The molecular formula is C21H24N4O2. The summed E-state index contributed by atoms with van der Waals surface area (Å²) in [6, 6.07) is 17.7. The molecule has 6 heteroatoms. The van der Waals surface area contributed by atoms with E-state index in [1.807, 2.05) is 54.6 Å². The highest BCUT2D eigenvalue weighted by molar-refractivity contribution is 5.95. The molecule has 2 aliphatic heterocycles. The average molecular weight is 364 g/mol. The molecule has 0 atom stereocenters. The number of likely N-dealkylation sites (tertiary alicyclic amines) is 1. The Morgan fingerprint density at radius 1 is 0.963 bits per heavy atom. The van der Waals surface area contributed by atoms with Gasteiger partial charge in [0, 0.05) is 31.7 Å². The summed E-state index contributed by atoms with van der Waals surface area (Å²) in [5.74, 6) is 0.0585. The van der Waals surface area contributed by atoms with Crippen LogP contribution in [0, 0.1) is 0 Å². The third kappa shape index (κ3) is 3.53. The number of nitrogens with one attached hydrogen (secondary N) is 3. The lowest BCUT2D eigenvalue weighted by Crippen LogP contribution is -2.67. The maximum absolute atomic E-state index is 12.8. The highest BCUT2D eigenvalue weighted by Crippen LogP contribution is 2.29. The van der Waals surface area contributed by atoms with Gasteiger partial charge in [-0.2, -0.15) is 0 Å². The number of piperazine rings is 1. The summed E-state index contributed by atoms with van der Waals surface area (Å²) < 4.78 is 0. The van der Waals surface area contributed by atoms with Gasteiger partial charge in [0.05, 0.1) is 5.69 Å². The highest BCUT2D eigenvalue weighted by atomic mass is 16.2. The smallest absolute Gasteiger partial charge is 0.321 e. The van der Waals surface area contributed by atoms with Gasteiger partial charge in [-0.1, -0.05) is 48.5 Å². The van der Waals surface area contributed by atoms with Crippen LogP contribution in [0.5, 0.6) is 0 Å². The molecule has 27 heavy (non-hydrogen) atoms. The average Bonchev–Trinajstić information content (AvgIpc) is 2.72. The summed E-state index contributed by atoms with van der Waals surface area (Å²) in [7, 11) is 0. The van der Waals surface area contributed by atoms with Crippen LogP contribution < -0.4 is 16.0 Å². The minimum absolute atomic E-state index is 0.0585. The van der Waals surface area contributed by atoms with E-state index < -0.39 is 5.54 Å². The van der Waals surface area contributed by atoms with Crippen LogP contribution in [-0.4, -0.2) is 48.6 Å². The first kappa shape index (κ1) is 17.5. The predicted octanol–water partition coefficient (Wildman–Crippen LogP) is 2.44. The Kier molecular flexibility index (Phi) is 4.81. The zero-order valence-corrected chi connectivity index (χ0v) is 15.2. The molecule has 0 radical (unpaired) electrons. The Hall–Kier alpha value is -2.86. The van der Waals surface area contributed by atoms with Gasteiger partial charge in [0.2, 0.25) is 5.91 Å². The van der Waals surface area contributed by atoms with Gasteiger partial charge in [0.15, 0.2) is 0 Å². The Bertz CT molecular complexity index is 829. The van der Waals surface area contributed by atoms with Gasteiger partial charge in [0.1, 0.15) is 5.54 Å². The van der Waals surface area contributed by atoms with E-state index >= 15 is 0 Å². The van der Waals surface area contributed by atoms with Crippen molar-refractivity contribution >= 4 is 17.6 Å². The van der Waals surface area contributed by atoms with Gasteiger partial charge in [-0.3, -0.25) is 4.79 Å². The summed E-state index contributed by atoms with van der Waals surface area (Å²) in [6.45, 7) is 2.56. The molecule has 2 saturated heterocycles. The van der Waals surface area contributed by atoms with Crippen LogP contribution >= 0.6 is 0 Å². The fraction of sp³-hybridized carbons (Fsp3) is 0.333. The van der Waals surface area contributed by atoms with E-state index in [0.717, 1.165) is 23.4 Å². The van der Waals surface area contributed by atoms with Crippen molar-refractivity contribution in [2.75, 3.05) is 31.5 Å². The Labute approximate surface area is 158 Å². The number of anilines is 1. The summed E-state index contributed by atoms with van der Waals surface area (Å²) in [4.78, 5) is 26.8. The first-order valence-electron chi connectivity index (χ1n) is 9.42. The predicted molar refractivity (Wildman–Crippen MR) is 105 cm³/mol. The molecule has 2 aromatic rings. The summed E-state index contributed by atoms with van der Waals surface area (Å²) in [5, 5.41) is 9.33. The molecule has 3 N–H and O–H groups in total. The number of hydrogen-bond acceptors (Lipinski definition) is 3. The maximum Gasteiger partial charge on any atom is 0.321 e. The molecule has 2 aromatic carbocycles. The van der Waals surface area contributed by atoms with Gasteiger partial charge >= 0.3 is 6.03 Å². The molecule has 1 spiro atoms. The number of carbonyl (C=O) groups is 2. The molecule has 2 heterocycles. The lowest BCUT2D eigenvalue weighted by atomic mass is 9.85. The van der Waals surface area contributed by atoms with E-state index in [1.54, 1.807) is 4.90 Å². The number of nitrogens with zero attached hydrogens (tertiary/aromatic N) is 1. The summed E-state index contributed by atoms with van der Waals surface area (Å²) in [5.41, 5.74) is 2.33. The van der Waals surface area contributed by atoms with E-state index in [4.69, 9.17) is 0 Å². The molecule has 0 aromatic heterocycles. The normalized spacial score (nSPS) is 18.8. The van der Waals surface area contributed by atoms with Crippen molar-refractivity contribution in [2.24, 2.45) is 0 Å². The minimum atomic E-state index is -0.517. The van der Waals surface area contributed by atoms with Gasteiger partial charge in [0.25, 0.3) is 0 Å². The van der Waals surface area contributed by atoms with Gasteiger partial charge in [-0.15, -0.1) is 0 Å². The van der Waals surface area contributed by atoms with Crippen LogP contribution in [0.4, 0.5) is 10.5 Å². The van der Waals surface area contributed by atoms with Gasteiger partial charge in [-0.25, -0.2) is 4.79 Å². The Morgan fingerprint density at radius 3 is 2.41 bits per heavy atom. The SMILES string of the molecule is O=C(Nc1ccccc1-c1ccccc1)N1CCC2(CC1)NCCNC2=O. The lowest BCUT2D eigenvalue weighted by Gasteiger charge is -2.43. The third-order valence-corrected chi connectivity index (χ3v) is 5.47. The highest BCUT2D eigenvalue weighted by Gasteiger charge is 2.43. The largest absolute Gasteiger partial charge is 0.353 e. The molecule has 0 aliphatic carbocycles. The number of rotatable bonds is 2. The van der Waals surface area contributed by atoms with E-state index in [1.165, 1.54) is 0 Å². The summed E-state index contributed by atoms with van der Waals surface area (Å²) in [6.07, 6.45) is 1.26. The zero-order chi connectivity index (χ0) is 18.7. The number of para-hydroxylation sites is 1. The zero-order valence-electron chi connectivity index (χ0n) is 15.2. The monoisotopic (exact) mass is 364 g/mol. The van der Waals surface area contributed by atoms with Crippen molar-refractivity contribution < 1.29 is 9.59 Å². The second-order valence-electron chi connectivity index (χ2n) is 7.09. The first-order chi connectivity index (χ1) is 13.2. The Balaban J connectivity index is 1.44. The number of carbonyl (C=O) groups excluding carboxylic acids is 2. The second kappa shape index (κ2) is 7.40. The number of hydrogen-bond donors (Lipinski definition) is 3. The Morgan fingerprint density at radius 2 is 1.67 bits per heavy atom. The van der Waals surface area contributed by atoms with Gasteiger partial charge < -0.3 is 20.9 Å². The van der Waals surface area contributed by atoms with Crippen LogP contribution in [-0.2, 0) is 4.79 Å². The molecule has 2 aliphatic rings. The van der Waals surface area contributed by atoms with Crippen molar-refractivity contribution in [2.45, 2.75) is 18.4 Å². The first-order valence-corrected chi connectivity index (χ1v) is 9.42. The molecule has 0 saturated carbocycles. The number of piperidine rings is 1. The van der Waals surface area contributed by atoms with E-state index in [2.05, 4.69) is 16.0 Å². The van der Waals surface area contributed by atoms with E-state index in [-0.39, 0.29) is 11.9 Å². The molecule has 140 valence electrons. The van der Waals surface area contributed by atoms with E-state index in [0.29, 0.717) is 32.5 Å². The van der Waals surface area contributed by atoms with E-state index in [9.17, 15) is 9.59 Å².